The van der Waals surface area contributed by atoms with Gasteiger partial charge in [-0.05, 0) is 24.2 Å². The first-order valence-corrected chi connectivity index (χ1v) is 7.45. The van der Waals surface area contributed by atoms with Gasteiger partial charge in [0.25, 0.3) is 0 Å². The Hall–Kier alpha value is -1.95. The van der Waals surface area contributed by atoms with Gasteiger partial charge in [0, 0.05) is 6.42 Å². The van der Waals surface area contributed by atoms with E-state index in [9.17, 15) is 9.59 Å². The van der Waals surface area contributed by atoms with Crippen LogP contribution in [-0.2, 0) is 16.0 Å². The molecular formula is C15H21N3O2S. The Kier molecular flexibility index (Phi) is 8.04. The Balaban J connectivity index is 2.20. The monoisotopic (exact) mass is 307 g/mol. The second-order valence-corrected chi connectivity index (χ2v) is 5.08. The number of hydrogen-bond acceptors (Lipinski definition) is 3. The lowest BCUT2D eigenvalue weighted by Crippen LogP contribution is -2.48. The van der Waals surface area contributed by atoms with Crippen LogP contribution in [0.4, 0.5) is 0 Å². The largest absolute Gasteiger partial charge is 0.302 e. The summed E-state index contributed by atoms with van der Waals surface area (Å²) in [7, 11) is 0. The summed E-state index contributed by atoms with van der Waals surface area (Å²) in [5.74, 6) is -0.359. The van der Waals surface area contributed by atoms with Crippen LogP contribution in [0.2, 0.25) is 0 Å². The highest BCUT2D eigenvalue weighted by Gasteiger charge is 2.06. The van der Waals surface area contributed by atoms with Crippen molar-refractivity contribution in [2.75, 3.05) is 0 Å². The SMILES string of the molecule is CCCCCC(=O)NC(=S)NNC(=O)Cc1ccccc1. The van der Waals surface area contributed by atoms with Crippen molar-refractivity contribution in [2.45, 2.75) is 39.0 Å². The third kappa shape index (κ3) is 8.04. The molecule has 0 atom stereocenters. The molecule has 6 heteroatoms. The lowest BCUT2D eigenvalue weighted by Gasteiger charge is -2.10. The van der Waals surface area contributed by atoms with Crippen molar-refractivity contribution in [1.29, 1.82) is 0 Å². The molecule has 0 saturated heterocycles. The van der Waals surface area contributed by atoms with E-state index in [0.717, 1.165) is 24.8 Å². The van der Waals surface area contributed by atoms with E-state index in [-0.39, 0.29) is 23.3 Å². The number of hydrazine groups is 1. The van der Waals surface area contributed by atoms with Crippen LogP contribution in [0.3, 0.4) is 0 Å². The molecule has 1 aromatic rings. The molecule has 0 aliphatic heterocycles. The molecule has 0 bridgehead atoms. The lowest BCUT2D eigenvalue weighted by molar-refractivity contribution is -0.122. The van der Waals surface area contributed by atoms with Gasteiger partial charge >= 0.3 is 0 Å². The molecule has 1 rings (SSSR count). The van der Waals surface area contributed by atoms with Crippen molar-refractivity contribution < 1.29 is 9.59 Å². The zero-order chi connectivity index (χ0) is 15.5. The molecule has 0 unspecified atom stereocenters. The first-order chi connectivity index (χ1) is 10.1. The van der Waals surface area contributed by atoms with Crippen LogP contribution in [0.25, 0.3) is 0 Å². The van der Waals surface area contributed by atoms with Gasteiger partial charge in [0.15, 0.2) is 5.11 Å². The number of hydrogen-bond donors (Lipinski definition) is 3. The van der Waals surface area contributed by atoms with Crippen molar-refractivity contribution >= 4 is 29.1 Å². The molecule has 3 N–H and O–H groups in total. The van der Waals surface area contributed by atoms with E-state index in [2.05, 4.69) is 23.1 Å². The average Bonchev–Trinajstić information content (AvgIpc) is 2.46. The van der Waals surface area contributed by atoms with Gasteiger partial charge < -0.3 is 5.32 Å². The lowest BCUT2D eigenvalue weighted by atomic mass is 10.1. The summed E-state index contributed by atoms with van der Waals surface area (Å²) in [5.41, 5.74) is 5.89. The molecule has 0 aliphatic carbocycles. The Morgan fingerprint density at radius 3 is 2.43 bits per heavy atom. The van der Waals surface area contributed by atoms with Crippen molar-refractivity contribution in [1.82, 2.24) is 16.2 Å². The molecule has 0 spiro atoms. The Morgan fingerprint density at radius 2 is 1.76 bits per heavy atom. The van der Waals surface area contributed by atoms with Gasteiger partial charge in [-0.3, -0.25) is 20.4 Å². The van der Waals surface area contributed by atoms with Gasteiger partial charge in [0.05, 0.1) is 6.42 Å². The predicted octanol–water partition coefficient (Wildman–Crippen LogP) is 1.83. The van der Waals surface area contributed by atoms with E-state index in [1.54, 1.807) is 0 Å². The van der Waals surface area contributed by atoms with Gasteiger partial charge in [-0.25, -0.2) is 0 Å². The predicted molar refractivity (Wildman–Crippen MR) is 86.3 cm³/mol. The van der Waals surface area contributed by atoms with Crippen LogP contribution in [0.15, 0.2) is 30.3 Å². The number of carbonyl (C=O) groups is 2. The van der Waals surface area contributed by atoms with Crippen LogP contribution in [0.1, 0.15) is 38.2 Å². The molecule has 0 saturated carbocycles. The standard InChI is InChI=1S/C15H21N3O2S/c1-2-3-5-10-13(19)16-15(21)18-17-14(20)11-12-8-6-4-7-9-12/h4,6-9H,2-3,5,10-11H2,1H3,(H,17,20)(H2,16,18,19,21). The zero-order valence-electron chi connectivity index (χ0n) is 12.1. The number of unbranched alkanes of at least 4 members (excludes halogenated alkanes) is 2. The second kappa shape index (κ2) is 9.88. The molecule has 0 aromatic heterocycles. The maximum Gasteiger partial charge on any atom is 0.242 e. The average molecular weight is 307 g/mol. The fourth-order valence-electron chi connectivity index (χ4n) is 1.71. The summed E-state index contributed by atoms with van der Waals surface area (Å²) in [6.07, 6.45) is 3.60. The Morgan fingerprint density at radius 1 is 1.05 bits per heavy atom. The number of nitrogens with one attached hydrogen (secondary N) is 3. The van der Waals surface area contributed by atoms with Gasteiger partial charge in [0.2, 0.25) is 11.8 Å². The summed E-state index contributed by atoms with van der Waals surface area (Å²) in [6, 6.07) is 9.37. The number of thiocarbonyl (C=S) groups is 1. The first-order valence-electron chi connectivity index (χ1n) is 7.04. The summed E-state index contributed by atoms with van der Waals surface area (Å²) < 4.78 is 0. The van der Waals surface area contributed by atoms with Crippen molar-refractivity contribution in [3.8, 4) is 0 Å². The highest BCUT2D eigenvalue weighted by molar-refractivity contribution is 7.80. The smallest absolute Gasteiger partial charge is 0.242 e. The van der Waals surface area contributed by atoms with Crippen molar-refractivity contribution in [2.24, 2.45) is 0 Å². The minimum atomic E-state index is -0.219. The van der Waals surface area contributed by atoms with Gasteiger partial charge in [-0.1, -0.05) is 50.1 Å². The minimum Gasteiger partial charge on any atom is -0.302 e. The van der Waals surface area contributed by atoms with Crippen LogP contribution in [0.5, 0.6) is 0 Å². The highest BCUT2D eigenvalue weighted by Crippen LogP contribution is 1.99. The van der Waals surface area contributed by atoms with Gasteiger partial charge in [0.1, 0.15) is 0 Å². The Bertz CT molecular complexity index is 477. The molecular weight excluding hydrogens is 286 g/mol. The number of rotatable bonds is 6. The molecule has 21 heavy (non-hydrogen) atoms. The van der Waals surface area contributed by atoms with Crippen LogP contribution >= 0.6 is 12.2 Å². The highest BCUT2D eigenvalue weighted by atomic mass is 32.1. The topological polar surface area (TPSA) is 70.2 Å². The molecule has 0 heterocycles. The van der Waals surface area contributed by atoms with E-state index >= 15 is 0 Å². The van der Waals surface area contributed by atoms with Gasteiger partial charge in [-0.15, -0.1) is 0 Å². The molecule has 1 aromatic carbocycles. The summed E-state index contributed by atoms with van der Waals surface area (Å²) in [6.45, 7) is 2.08. The molecule has 5 nitrogen and oxygen atoms in total. The molecule has 2 amide bonds. The second-order valence-electron chi connectivity index (χ2n) is 4.67. The van der Waals surface area contributed by atoms with Crippen LogP contribution in [0, 0.1) is 0 Å². The normalized spacial score (nSPS) is 9.76. The molecule has 0 radical (unpaired) electrons. The first kappa shape index (κ1) is 17.1. The third-order valence-electron chi connectivity index (χ3n) is 2.78. The summed E-state index contributed by atoms with van der Waals surface area (Å²) in [4.78, 5) is 23.2. The molecule has 0 aliphatic rings. The van der Waals surface area contributed by atoms with E-state index in [0.29, 0.717) is 6.42 Å². The third-order valence-corrected chi connectivity index (χ3v) is 2.99. The van der Waals surface area contributed by atoms with E-state index in [1.165, 1.54) is 0 Å². The number of benzene rings is 1. The van der Waals surface area contributed by atoms with Crippen LogP contribution in [-0.4, -0.2) is 16.9 Å². The Labute approximate surface area is 130 Å². The van der Waals surface area contributed by atoms with E-state index in [4.69, 9.17) is 12.2 Å². The fraction of sp³-hybridized carbons (Fsp3) is 0.400. The summed E-state index contributed by atoms with van der Waals surface area (Å²) in [5, 5.41) is 2.63. The minimum absolute atomic E-state index is 0.109. The summed E-state index contributed by atoms with van der Waals surface area (Å²) >= 11 is 4.93. The van der Waals surface area contributed by atoms with Crippen molar-refractivity contribution in [3.63, 3.8) is 0 Å². The number of carbonyl (C=O) groups excluding carboxylic acids is 2. The van der Waals surface area contributed by atoms with Crippen molar-refractivity contribution in [3.05, 3.63) is 35.9 Å². The van der Waals surface area contributed by atoms with Gasteiger partial charge in [-0.2, -0.15) is 0 Å². The number of amides is 2. The quantitative estimate of drug-likeness (QED) is 0.426. The zero-order valence-corrected chi connectivity index (χ0v) is 13.0. The maximum absolute atomic E-state index is 11.7. The molecule has 0 fully saturated rings. The van der Waals surface area contributed by atoms with Crippen LogP contribution < -0.4 is 16.2 Å². The van der Waals surface area contributed by atoms with E-state index < -0.39 is 0 Å². The maximum atomic E-state index is 11.7. The molecule has 114 valence electrons. The fourth-order valence-corrected chi connectivity index (χ4v) is 1.87. The van der Waals surface area contributed by atoms with E-state index in [1.807, 2.05) is 30.3 Å².